The average molecular weight is 311 g/mol. The second-order valence-electron chi connectivity index (χ2n) is 4.68. The second-order valence-corrected chi connectivity index (χ2v) is 5.59. The number of aromatic nitrogens is 1. The third kappa shape index (κ3) is 3.12. The molecule has 1 N–H and O–H groups in total. The van der Waals surface area contributed by atoms with Crippen molar-refractivity contribution in [2.45, 2.75) is 6.54 Å². The first-order valence-electron chi connectivity index (χ1n) is 6.69. The molecule has 2 heterocycles. The fourth-order valence-corrected chi connectivity index (χ4v) is 2.98. The molecule has 3 aromatic rings. The van der Waals surface area contributed by atoms with Gasteiger partial charge in [0.1, 0.15) is 0 Å². The van der Waals surface area contributed by atoms with Crippen LogP contribution in [0.4, 0.5) is 11.4 Å². The van der Waals surface area contributed by atoms with Crippen LogP contribution in [0.5, 0.6) is 0 Å². The lowest BCUT2D eigenvalue weighted by molar-refractivity contribution is -0.385. The first-order chi connectivity index (χ1) is 10.7. The van der Waals surface area contributed by atoms with Crippen LogP contribution in [0.25, 0.3) is 10.4 Å². The van der Waals surface area contributed by atoms with Gasteiger partial charge in [0.2, 0.25) is 0 Å². The Bertz CT molecular complexity index is 787. The van der Waals surface area contributed by atoms with Gasteiger partial charge in [0.05, 0.1) is 4.92 Å². The molecule has 0 saturated heterocycles. The van der Waals surface area contributed by atoms with Gasteiger partial charge in [-0.05, 0) is 12.1 Å². The van der Waals surface area contributed by atoms with Crippen LogP contribution in [0.2, 0.25) is 0 Å². The fraction of sp³-hybridized carbons (Fsp3) is 0.0625. The Morgan fingerprint density at radius 1 is 1.23 bits per heavy atom. The molecule has 0 saturated carbocycles. The number of anilines is 1. The van der Waals surface area contributed by atoms with Crippen LogP contribution in [0.1, 0.15) is 5.56 Å². The zero-order valence-corrected chi connectivity index (χ0v) is 12.4. The smallest absolute Gasteiger partial charge is 0.274 e. The molecule has 110 valence electrons. The van der Waals surface area contributed by atoms with Gasteiger partial charge in [0.25, 0.3) is 5.69 Å². The Hall–Kier alpha value is -2.73. The van der Waals surface area contributed by atoms with Crippen molar-refractivity contribution in [2.24, 2.45) is 0 Å². The first kappa shape index (κ1) is 14.2. The number of nitrogens with one attached hydrogen (secondary N) is 1. The molecule has 0 aliphatic carbocycles. The van der Waals surface area contributed by atoms with E-state index in [4.69, 9.17) is 0 Å². The summed E-state index contributed by atoms with van der Waals surface area (Å²) in [5.74, 6) is 0. The molecular formula is C16H13N3O2S. The highest BCUT2D eigenvalue weighted by molar-refractivity contribution is 7.14. The summed E-state index contributed by atoms with van der Waals surface area (Å²) in [5.41, 5.74) is 2.81. The highest BCUT2D eigenvalue weighted by Gasteiger charge is 2.12. The molecule has 1 aromatic carbocycles. The molecule has 0 aliphatic rings. The van der Waals surface area contributed by atoms with E-state index in [2.05, 4.69) is 10.3 Å². The number of nitro groups is 1. The maximum atomic E-state index is 11.0. The van der Waals surface area contributed by atoms with Gasteiger partial charge in [-0.15, -0.1) is 11.3 Å². The molecule has 5 nitrogen and oxygen atoms in total. The summed E-state index contributed by atoms with van der Waals surface area (Å²) in [7, 11) is 0. The van der Waals surface area contributed by atoms with E-state index in [-0.39, 0.29) is 10.6 Å². The lowest BCUT2D eigenvalue weighted by Crippen LogP contribution is -2.02. The first-order valence-corrected chi connectivity index (χ1v) is 7.57. The van der Waals surface area contributed by atoms with Gasteiger partial charge < -0.3 is 5.32 Å². The highest BCUT2D eigenvalue weighted by Crippen LogP contribution is 2.29. The van der Waals surface area contributed by atoms with Gasteiger partial charge in [0.15, 0.2) is 0 Å². The van der Waals surface area contributed by atoms with Crippen LogP contribution >= 0.6 is 11.3 Å². The van der Waals surface area contributed by atoms with Crippen molar-refractivity contribution < 1.29 is 4.92 Å². The minimum absolute atomic E-state index is 0.137. The van der Waals surface area contributed by atoms with E-state index >= 15 is 0 Å². The number of benzene rings is 1. The maximum Gasteiger partial charge on any atom is 0.274 e. The number of hydrogen-bond acceptors (Lipinski definition) is 5. The molecule has 0 unspecified atom stereocenters. The molecule has 0 atom stereocenters. The summed E-state index contributed by atoms with van der Waals surface area (Å²) < 4.78 is 0. The Kier molecular flexibility index (Phi) is 4.11. The summed E-state index contributed by atoms with van der Waals surface area (Å²) in [5, 5.41) is 16.2. The normalized spacial score (nSPS) is 10.4. The van der Waals surface area contributed by atoms with E-state index in [1.807, 2.05) is 29.8 Å². The van der Waals surface area contributed by atoms with E-state index in [0.717, 1.165) is 16.1 Å². The molecule has 22 heavy (non-hydrogen) atoms. The lowest BCUT2D eigenvalue weighted by Gasteiger charge is -2.04. The molecule has 0 amide bonds. The van der Waals surface area contributed by atoms with Gasteiger partial charge >= 0.3 is 0 Å². The fourth-order valence-electron chi connectivity index (χ4n) is 2.12. The second kappa shape index (κ2) is 6.36. The number of rotatable bonds is 5. The van der Waals surface area contributed by atoms with Crippen molar-refractivity contribution in [2.75, 3.05) is 5.32 Å². The zero-order chi connectivity index (χ0) is 15.4. The molecule has 2 aromatic heterocycles. The van der Waals surface area contributed by atoms with Crippen LogP contribution in [0.15, 0.2) is 60.2 Å². The van der Waals surface area contributed by atoms with E-state index in [1.54, 1.807) is 35.7 Å². The van der Waals surface area contributed by atoms with Gasteiger partial charge in [-0.2, -0.15) is 0 Å². The van der Waals surface area contributed by atoms with Crippen molar-refractivity contribution in [3.63, 3.8) is 0 Å². The van der Waals surface area contributed by atoms with Crippen molar-refractivity contribution in [1.82, 2.24) is 4.98 Å². The molecule has 6 heteroatoms. The SMILES string of the molecule is O=[N+]([O-])c1ccccc1CNc1csc(-c2cccnc2)c1. The summed E-state index contributed by atoms with van der Waals surface area (Å²) in [6.07, 6.45) is 3.56. The van der Waals surface area contributed by atoms with Gasteiger partial charge in [-0.25, -0.2) is 0 Å². The molecule has 0 spiro atoms. The number of nitrogens with zero attached hydrogens (tertiary/aromatic N) is 2. The Morgan fingerprint density at radius 2 is 2.09 bits per heavy atom. The molecule has 0 bridgehead atoms. The largest absolute Gasteiger partial charge is 0.380 e. The molecule has 0 fully saturated rings. The van der Waals surface area contributed by atoms with Gasteiger partial charge in [-0.3, -0.25) is 15.1 Å². The maximum absolute atomic E-state index is 11.0. The number of para-hydroxylation sites is 1. The van der Waals surface area contributed by atoms with Crippen LogP contribution in [-0.2, 0) is 6.54 Å². The average Bonchev–Trinajstić information content (AvgIpc) is 3.03. The van der Waals surface area contributed by atoms with Crippen molar-refractivity contribution >= 4 is 22.7 Å². The van der Waals surface area contributed by atoms with Crippen LogP contribution in [0.3, 0.4) is 0 Å². The summed E-state index contributed by atoms with van der Waals surface area (Å²) in [6.45, 7) is 0.417. The van der Waals surface area contributed by atoms with E-state index < -0.39 is 0 Å². The topological polar surface area (TPSA) is 68.1 Å². The molecule has 0 aliphatic heterocycles. The molecule has 0 radical (unpaired) electrons. The van der Waals surface area contributed by atoms with Crippen LogP contribution in [0, 0.1) is 10.1 Å². The van der Waals surface area contributed by atoms with Crippen molar-refractivity contribution in [3.8, 4) is 10.4 Å². The quantitative estimate of drug-likeness (QED) is 0.562. The Balaban J connectivity index is 1.73. The third-order valence-electron chi connectivity index (χ3n) is 3.22. The molecular weight excluding hydrogens is 298 g/mol. The zero-order valence-electron chi connectivity index (χ0n) is 11.6. The standard InChI is InChI=1S/C16H13N3O2S/c20-19(21)15-6-2-1-4-12(15)10-18-14-8-16(22-11-14)13-5-3-7-17-9-13/h1-9,11,18H,10H2. The summed E-state index contributed by atoms with van der Waals surface area (Å²) in [6, 6.07) is 12.7. The number of pyridine rings is 1. The van der Waals surface area contributed by atoms with Crippen LogP contribution < -0.4 is 5.32 Å². The van der Waals surface area contributed by atoms with Crippen molar-refractivity contribution in [1.29, 1.82) is 0 Å². The number of nitro benzene ring substituents is 1. The highest BCUT2D eigenvalue weighted by atomic mass is 32.1. The van der Waals surface area contributed by atoms with Crippen LogP contribution in [-0.4, -0.2) is 9.91 Å². The predicted molar refractivity (Wildman–Crippen MR) is 88.0 cm³/mol. The van der Waals surface area contributed by atoms with Gasteiger partial charge in [0, 0.05) is 52.1 Å². The van der Waals surface area contributed by atoms with Gasteiger partial charge in [-0.1, -0.05) is 24.3 Å². The number of thiophene rings is 1. The van der Waals surface area contributed by atoms with E-state index in [0.29, 0.717) is 12.1 Å². The third-order valence-corrected chi connectivity index (χ3v) is 4.20. The lowest BCUT2D eigenvalue weighted by atomic mass is 10.2. The molecule has 3 rings (SSSR count). The monoisotopic (exact) mass is 311 g/mol. The number of hydrogen-bond donors (Lipinski definition) is 1. The minimum atomic E-state index is -0.355. The Morgan fingerprint density at radius 3 is 2.86 bits per heavy atom. The summed E-state index contributed by atoms with van der Waals surface area (Å²) in [4.78, 5) is 15.9. The van der Waals surface area contributed by atoms with E-state index in [9.17, 15) is 10.1 Å². The summed E-state index contributed by atoms with van der Waals surface area (Å²) >= 11 is 1.61. The van der Waals surface area contributed by atoms with Crippen molar-refractivity contribution in [3.05, 3.63) is 75.9 Å². The van der Waals surface area contributed by atoms with E-state index in [1.165, 1.54) is 6.07 Å². The Labute approximate surface area is 131 Å². The predicted octanol–water partition coefficient (Wildman–Crippen LogP) is 4.33. The minimum Gasteiger partial charge on any atom is -0.380 e.